The van der Waals surface area contributed by atoms with Gasteiger partial charge in [0, 0.05) is 6.42 Å². The maximum atomic E-state index is 12.0. The van der Waals surface area contributed by atoms with Crippen molar-refractivity contribution in [1.82, 2.24) is 0 Å². The summed E-state index contributed by atoms with van der Waals surface area (Å²) in [6.07, 6.45) is 12.5. The van der Waals surface area contributed by atoms with Crippen molar-refractivity contribution in [3.8, 4) is 0 Å². The predicted octanol–water partition coefficient (Wildman–Crippen LogP) is 5.31. The van der Waals surface area contributed by atoms with Crippen LogP contribution < -0.4 is 0 Å². The average Bonchev–Trinajstić information content (AvgIpc) is 3.04. The van der Waals surface area contributed by atoms with E-state index in [4.69, 9.17) is 0 Å². The molecule has 3 fully saturated rings. The molecule has 0 bridgehead atoms. The Morgan fingerprint density at radius 2 is 1.83 bits per heavy atom. The molecule has 4 aliphatic carbocycles. The first-order chi connectivity index (χ1) is 14.1. The first kappa shape index (κ1) is 22.3. The maximum absolute atomic E-state index is 12.0. The van der Waals surface area contributed by atoms with Crippen LogP contribution in [0, 0.1) is 46.3 Å². The number of carbonyl (C=O) groups is 1. The summed E-state index contributed by atoms with van der Waals surface area (Å²) in [5.74, 6) is 3.54. The van der Waals surface area contributed by atoms with E-state index >= 15 is 0 Å². The quantitative estimate of drug-likeness (QED) is 0.613. The summed E-state index contributed by atoms with van der Waals surface area (Å²) in [5.41, 5.74) is 1.48. The topological polar surface area (TPSA) is 57.5 Å². The molecule has 0 aromatic carbocycles. The minimum Gasteiger partial charge on any atom is -0.390 e. The van der Waals surface area contributed by atoms with E-state index in [1.807, 2.05) is 19.9 Å². The molecular formula is C27H42O3. The second kappa shape index (κ2) is 7.89. The van der Waals surface area contributed by atoms with Gasteiger partial charge in [-0.05, 0) is 105 Å². The van der Waals surface area contributed by atoms with Crippen LogP contribution in [0.1, 0.15) is 79.6 Å². The number of hydrogen-bond donors (Lipinski definition) is 2. The first-order valence-corrected chi connectivity index (χ1v) is 12.3. The number of aliphatic hydroxyl groups is 2. The van der Waals surface area contributed by atoms with Crippen LogP contribution in [0.3, 0.4) is 0 Å². The van der Waals surface area contributed by atoms with Crippen LogP contribution in [-0.4, -0.2) is 28.2 Å². The Morgan fingerprint density at radius 3 is 2.53 bits per heavy atom. The van der Waals surface area contributed by atoms with E-state index in [1.165, 1.54) is 38.5 Å². The summed E-state index contributed by atoms with van der Waals surface area (Å²) in [5, 5.41) is 21.4. The number of carbonyl (C=O) groups excluding carboxylic acids is 1. The van der Waals surface area contributed by atoms with Gasteiger partial charge in [0.05, 0.1) is 12.2 Å². The lowest BCUT2D eigenvalue weighted by atomic mass is 9.45. The van der Waals surface area contributed by atoms with Crippen molar-refractivity contribution < 1.29 is 15.0 Å². The molecule has 0 aromatic heterocycles. The summed E-state index contributed by atoms with van der Waals surface area (Å²) in [6.45, 7) is 11.0. The van der Waals surface area contributed by atoms with E-state index in [0.29, 0.717) is 29.5 Å². The van der Waals surface area contributed by atoms with Crippen molar-refractivity contribution in [3.05, 3.63) is 23.8 Å². The van der Waals surface area contributed by atoms with Gasteiger partial charge in [-0.25, -0.2) is 0 Å². The molecule has 3 heteroatoms. The van der Waals surface area contributed by atoms with Crippen LogP contribution in [-0.2, 0) is 4.79 Å². The van der Waals surface area contributed by atoms with Crippen LogP contribution in [0.2, 0.25) is 0 Å². The van der Waals surface area contributed by atoms with Gasteiger partial charge in [-0.2, -0.15) is 0 Å². The van der Waals surface area contributed by atoms with Gasteiger partial charge >= 0.3 is 0 Å². The average molecular weight is 415 g/mol. The second-order valence-electron chi connectivity index (χ2n) is 11.8. The first-order valence-electron chi connectivity index (χ1n) is 12.3. The Bertz CT molecular complexity index is 734. The van der Waals surface area contributed by atoms with Gasteiger partial charge in [0.2, 0.25) is 0 Å². The molecule has 30 heavy (non-hydrogen) atoms. The summed E-state index contributed by atoms with van der Waals surface area (Å²) in [6, 6.07) is 0. The van der Waals surface area contributed by atoms with E-state index in [2.05, 4.69) is 26.8 Å². The van der Waals surface area contributed by atoms with Crippen molar-refractivity contribution in [3.63, 3.8) is 0 Å². The number of allylic oxidation sites excluding steroid dienone is 3. The molecule has 4 aliphatic rings. The van der Waals surface area contributed by atoms with Gasteiger partial charge in [0.25, 0.3) is 0 Å². The second-order valence-corrected chi connectivity index (χ2v) is 11.8. The zero-order chi connectivity index (χ0) is 21.8. The van der Waals surface area contributed by atoms with Gasteiger partial charge in [0.15, 0.2) is 5.78 Å². The van der Waals surface area contributed by atoms with E-state index in [0.717, 1.165) is 17.9 Å². The molecule has 3 saturated carbocycles. The third kappa shape index (κ3) is 3.45. The summed E-state index contributed by atoms with van der Waals surface area (Å²) in [4.78, 5) is 12.0. The van der Waals surface area contributed by atoms with Crippen LogP contribution in [0.15, 0.2) is 23.8 Å². The number of hydrogen-bond acceptors (Lipinski definition) is 3. The lowest BCUT2D eigenvalue weighted by Crippen LogP contribution is -2.53. The Kier molecular flexibility index (Phi) is 5.85. The fourth-order valence-corrected chi connectivity index (χ4v) is 8.53. The lowest BCUT2D eigenvalue weighted by Gasteiger charge is -2.59. The molecule has 10 atom stereocenters. The highest BCUT2D eigenvalue weighted by molar-refractivity contribution is 5.91. The van der Waals surface area contributed by atoms with Crippen molar-refractivity contribution in [1.29, 1.82) is 0 Å². The molecule has 0 aliphatic heterocycles. The fraction of sp³-hybridized carbons (Fsp3) is 0.815. The molecule has 168 valence electrons. The molecule has 0 spiro atoms. The molecule has 0 aromatic rings. The highest BCUT2D eigenvalue weighted by atomic mass is 16.3. The van der Waals surface area contributed by atoms with Crippen LogP contribution in [0.4, 0.5) is 0 Å². The van der Waals surface area contributed by atoms with Crippen molar-refractivity contribution in [2.24, 2.45) is 46.3 Å². The predicted molar refractivity (Wildman–Crippen MR) is 121 cm³/mol. The highest BCUT2D eigenvalue weighted by Crippen LogP contribution is 2.67. The Hall–Kier alpha value is -0.930. The van der Waals surface area contributed by atoms with Crippen LogP contribution in [0.5, 0.6) is 0 Å². The molecule has 2 N–H and O–H groups in total. The van der Waals surface area contributed by atoms with Crippen molar-refractivity contribution in [2.75, 3.05) is 0 Å². The van der Waals surface area contributed by atoms with E-state index < -0.39 is 12.2 Å². The highest BCUT2D eigenvalue weighted by Gasteiger charge is 2.60. The number of rotatable bonds is 4. The van der Waals surface area contributed by atoms with Gasteiger partial charge in [0.1, 0.15) is 0 Å². The zero-order valence-corrected chi connectivity index (χ0v) is 19.6. The molecule has 4 rings (SSSR count). The Morgan fingerprint density at radius 1 is 1.10 bits per heavy atom. The smallest absolute Gasteiger partial charge is 0.155 e. The minimum absolute atomic E-state index is 0.0984. The van der Waals surface area contributed by atoms with Gasteiger partial charge in [-0.1, -0.05) is 38.5 Å². The molecular weight excluding hydrogens is 372 g/mol. The molecule has 0 radical (unpaired) electrons. The third-order valence-corrected chi connectivity index (χ3v) is 10.1. The Balaban J connectivity index is 1.55. The normalized spacial score (nSPS) is 45.7. The molecule has 0 saturated heterocycles. The maximum Gasteiger partial charge on any atom is 0.155 e. The summed E-state index contributed by atoms with van der Waals surface area (Å²) < 4.78 is 0. The molecule has 0 heterocycles. The zero-order valence-electron chi connectivity index (χ0n) is 19.6. The third-order valence-electron chi connectivity index (χ3n) is 10.1. The molecule has 3 nitrogen and oxygen atoms in total. The van der Waals surface area contributed by atoms with Crippen LogP contribution in [0.25, 0.3) is 0 Å². The summed E-state index contributed by atoms with van der Waals surface area (Å²) in [7, 11) is 0. The van der Waals surface area contributed by atoms with Gasteiger partial charge < -0.3 is 10.2 Å². The largest absolute Gasteiger partial charge is 0.390 e. The van der Waals surface area contributed by atoms with Gasteiger partial charge in [-0.15, -0.1) is 0 Å². The molecule has 3 unspecified atom stereocenters. The van der Waals surface area contributed by atoms with Crippen molar-refractivity contribution in [2.45, 2.75) is 91.8 Å². The number of fused-ring (bicyclic) bond motifs is 5. The van der Waals surface area contributed by atoms with Gasteiger partial charge in [-0.3, -0.25) is 4.79 Å². The Labute approximate surface area is 183 Å². The van der Waals surface area contributed by atoms with Crippen molar-refractivity contribution >= 4 is 5.78 Å². The molecule has 0 amide bonds. The summed E-state index contributed by atoms with van der Waals surface area (Å²) >= 11 is 0. The minimum atomic E-state index is -0.775. The monoisotopic (exact) mass is 414 g/mol. The van der Waals surface area contributed by atoms with E-state index in [9.17, 15) is 15.0 Å². The fourth-order valence-electron chi connectivity index (χ4n) is 8.53. The standard InChI is InChI=1S/C27H42O3/c1-16(2)14-24(29)25(30)17(3)21-8-9-22-20-7-6-18-15-19(28)10-12-26(18,4)23(20)11-13-27(21,22)5/h10,12,14,17-18,20-25,29-30H,6-9,11,13,15H2,1-5H3/t17?,18-,20-,21+,22-,23-,24?,25?,26-,27+/m0/s1. The van der Waals surface area contributed by atoms with E-state index in [1.54, 1.807) is 6.08 Å². The van der Waals surface area contributed by atoms with Crippen LogP contribution >= 0.6 is 0 Å². The number of aliphatic hydroxyl groups excluding tert-OH is 2. The van der Waals surface area contributed by atoms with E-state index in [-0.39, 0.29) is 16.7 Å². The SMILES string of the molecule is CC(C)=CC(O)C(O)C(C)[C@H]1CC[C@H]2[C@@H]3CC[C@H]4CC(=O)C=C[C@]4(C)[C@H]3CC[C@]12C. The lowest BCUT2D eigenvalue weighted by molar-refractivity contribution is -0.124. The number of ketones is 1.